The molecular weight excluding hydrogens is 254 g/mol. The van der Waals surface area contributed by atoms with Crippen LogP contribution in [0, 0.1) is 0 Å². The van der Waals surface area contributed by atoms with E-state index >= 15 is 0 Å². The van der Waals surface area contributed by atoms with Crippen molar-refractivity contribution in [3.8, 4) is 0 Å². The molecule has 120 valence electrons. The highest BCUT2D eigenvalue weighted by Gasteiger charge is 2.12. The lowest BCUT2D eigenvalue weighted by molar-refractivity contribution is -0.131. The third kappa shape index (κ3) is 11.2. The van der Waals surface area contributed by atoms with Crippen LogP contribution < -0.4 is 0 Å². The van der Waals surface area contributed by atoms with Crippen LogP contribution in [0.2, 0.25) is 0 Å². The van der Waals surface area contributed by atoms with Crippen LogP contribution in [-0.2, 0) is 4.79 Å². The van der Waals surface area contributed by atoms with Crippen LogP contribution >= 0.6 is 0 Å². The van der Waals surface area contributed by atoms with E-state index in [2.05, 4.69) is 38.0 Å². The highest BCUT2D eigenvalue weighted by atomic mass is 16.3. The zero-order valence-electron chi connectivity index (χ0n) is 13.8. The second-order valence-electron chi connectivity index (χ2n) is 5.88. The maximum atomic E-state index is 12.2. The van der Waals surface area contributed by atoms with Crippen molar-refractivity contribution in [2.45, 2.75) is 32.1 Å². The van der Waals surface area contributed by atoms with Crippen LogP contribution in [0.5, 0.6) is 0 Å². The van der Waals surface area contributed by atoms with Gasteiger partial charge in [-0.1, -0.05) is 0 Å². The van der Waals surface area contributed by atoms with E-state index in [0.29, 0.717) is 6.42 Å². The van der Waals surface area contributed by atoms with E-state index in [1.54, 1.807) is 0 Å². The van der Waals surface area contributed by atoms with Gasteiger partial charge in [0.2, 0.25) is 5.91 Å². The number of aliphatic hydroxyl groups excluding tert-OH is 1. The molecule has 0 radical (unpaired) electrons. The molecule has 0 aromatic carbocycles. The summed E-state index contributed by atoms with van der Waals surface area (Å²) in [5, 5.41) is 8.79. The molecule has 0 aliphatic carbocycles. The van der Waals surface area contributed by atoms with E-state index in [-0.39, 0.29) is 12.5 Å². The maximum absolute atomic E-state index is 12.2. The number of amides is 1. The summed E-state index contributed by atoms with van der Waals surface area (Å²) >= 11 is 0. The van der Waals surface area contributed by atoms with Gasteiger partial charge < -0.3 is 19.8 Å². The van der Waals surface area contributed by atoms with Crippen molar-refractivity contribution in [3.05, 3.63) is 0 Å². The van der Waals surface area contributed by atoms with Crippen LogP contribution in [0.4, 0.5) is 0 Å². The van der Waals surface area contributed by atoms with Crippen molar-refractivity contribution in [3.63, 3.8) is 0 Å². The Bertz CT molecular complexity index is 231. The molecule has 0 aliphatic rings. The Morgan fingerprint density at radius 2 is 1.30 bits per heavy atom. The normalized spacial score (nSPS) is 11.3. The van der Waals surface area contributed by atoms with Gasteiger partial charge in [0.25, 0.3) is 0 Å². The average molecular weight is 287 g/mol. The molecule has 0 unspecified atom stereocenters. The zero-order chi connectivity index (χ0) is 15.4. The number of hydrogen-bond donors (Lipinski definition) is 1. The summed E-state index contributed by atoms with van der Waals surface area (Å²) in [6, 6.07) is 0. The quantitative estimate of drug-likeness (QED) is 0.541. The highest BCUT2D eigenvalue weighted by molar-refractivity contribution is 5.76. The van der Waals surface area contributed by atoms with E-state index in [1.165, 1.54) is 0 Å². The van der Waals surface area contributed by atoms with Gasteiger partial charge in [0.05, 0.1) is 0 Å². The number of carbonyl (C=O) groups excluding carboxylic acids is 1. The molecule has 0 aromatic rings. The Balaban J connectivity index is 4.11. The van der Waals surface area contributed by atoms with Gasteiger partial charge in [-0.05, 0) is 67.0 Å². The topological polar surface area (TPSA) is 47.0 Å². The Kier molecular flexibility index (Phi) is 11.7. The number of unbranched alkanes of at least 4 members (excludes halogenated alkanes) is 1. The van der Waals surface area contributed by atoms with Gasteiger partial charge in [-0.25, -0.2) is 0 Å². The van der Waals surface area contributed by atoms with Crippen LogP contribution in [0.15, 0.2) is 0 Å². The van der Waals surface area contributed by atoms with E-state index < -0.39 is 0 Å². The summed E-state index contributed by atoms with van der Waals surface area (Å²) in [6.07, 6.45) is 4.09. The average Bonchev–Trinajstić information content (AvgIpc) is 2.36. The van der Waals surface area contributed by atoms with Gasteiger partial charge in [-0.2, -0.15) is 0 Å². The van der Waals surface area contributed by atoms with Crippen molar-refractivity contribution in [2.24, 2.45) is 0 Å². The minimum absolute atomic E-state index is 0.175. The number of nitrogens with zero attached hydrogens (tertiary/aromatic N) is 3. The monoisotopic (exact) mass is 287 g/mol. The first kappa shape index (κ1) is 19.4. The fourth-order valence-electron chi connectivity index (χ4n) is 2.06. The first-order chi connectivity index (χ1) is 9.47. The van der Waals surface area contributed by atoms with E-state index in [1.807, 2.05) is 4.90 Å². The molecule has 0 aliphatic heterocycles. The molecule has 1 amide bonds. The molecule has 0 fully saturated rings. The number of carbonyl (C=O) groups is 1. The van der Waals surface area contributed by atoms with Crippen LogP contribution in [0.1, 0.15) is 32.1 Å². The van der Waals surface area contributed by atoms with Crippen LogP contribution in [0.3, 0.4) is 0 Å². The third-order valence-electron chi connectivity index (χ3n) is 3.22. The number of aliphatic hydroxyl groups is 1. The lowest BCUT2D eigenvalue weighted by Gasteiger charge is -2.24. The SMILES string of the molecule is CN(C)CCCN(CCCN(C)C)C(=O)CCCCO. The minimum Gasteiger partial charge on any atom is -0.396 e. The second-order valence-corrected chi connectivity index (χ2v) is 5.88. The van der Waals surface area contributed by atoms with Gasteiger partial charge in [0.15, 0.2) is 0 Å². The fourth-order valence-corrected chi connectivity index (χ4v) is 2.06. The molecule has 5 nitrogen and oxygen atoms in total. The smallest absolute Gasteiger partial charge is 0.222 e. The minimum atomic E-state index is 0.175. The predicted molar refractivity (Wildman–Crippen MR) is 83.9 cm³/mol. The molecule has 5 heteroatoms. The van der Waals surface area contributed by atoms with Crippen molar-refractivity contribution >= 4 is 5.91 Å². The summed E-state index contributed by atoms with van der Waals surface area (Å²) < 4.78 is 0. The molecule has 20 heavy (non-hydrogen) atoms. The summed E-state index contributed by atoms with van der Waals surface area (Å²) in [5.41, 5.74) is 0. The molecule has 0 spiro atoms. The highest BCUT2D eigenvalue weighted by Crippen LogP contribution is 2.04. The Morgan fingerprint density at radius 1 is 0.800 bits per heavy atom. The fraction of sp³-hybridized carbons (Fsp3) is 0.933. The zero-order valence-corrected chi connectivity index (χ0v) is 13.8. The van der Waals surface area contributed by atoms with Gasteiger partial charge in [0.1, 0.15) is 0 Å². The van der Waals surface area contributed by atoms with Gasteiger partial charge in [-0.3, -0.25) is 4.79 Å². The maximum Gasteiger partial charge on any atom is 0.222 e. The van der Waals surface area contributed by atoms with Crippen LogP contribution in [0.25, 0.3) is 0 Å². The number of rotatable bonds is 12. The first-order valence-electron chi connectivity index (χ1n) is 7.65. The van der Waals surface area contributed by atoms with Crippen molar-refractivity contribution in [2.75, 3.05) is 61.0 Å². The van der Waals surface area contributed by atoms with Gasteiger partial charge in [-0.15, -0.1) is 0 Å². The van der Waals surface area contributed by atoms with Gasteiger partial charge >= 0.3 is 0 Å². The van der Waals surface area contributed by atoms with E-state index in [0.717, 1.165) is 51.9 Å². The molecule has 0 rings (SSSR count). The summed E-state index contributed by atoms with van der Waals surface area (Å²) in [4.78, 5) is 18.5. The summed E-state index contributed by atoms with van der Waals surface area (Å²) in [5.74, 6) is 0.232. The molecule has 0 aromatic heterocycles. The van der Waals surface area contributed by atoms with E-state index in [9.17, 15) is 4.79 Å². The summed E-state index contributed by atoms with van der Waals surface area (Å²) in [7, 11) is 8.22. The Hall–Kier alpha value is -0.650. The molecule has 0 bridgehead atoms. The predicted octanol–water partition coefficient (Wildman–Crippen LogP) is 0.881. The molecule has 0 atom stereocenters. The standard InChI is InChI=1S/C15H33N3O2/c1-16(2)10-7-12-18(13-8-11-17(3)4)15(20)9-5-6-14-19/h19H,5-14H2,1-4H3. The first-order valence-corrected chi connectivity index (χ1v) is 7.65. The molecule has 0 heterocycles. The lowest BCUT2D eigenvalue weighted by atomic mass is 10.2. The van der Waals surface area contributed by atoms with Crippen molar-refractivity contribution < 1.29 is 9.90 Å². The van der Waals surface area contributed by atoms with Crippen molar-refractivity contribution in [1.82, 2.24) is 14.7 Å². The molecular formula is C15H33N3O2. The largest absolute Gasteiger partial charge is 0.396 e. The summed E-state index contributed by atoms with van der Waals surface area (Å²) in [6.45, 7) is 3.86. The Morgan fingerprint density at radius 3 is 1.70 bits per heavy atom. The van der Waals surface area contributed by atoms with Crippen molar-refractivity contribution in [1.29, 1.82) is 0 Å². The lowest BCUT2D eigenvalue weighted by Crippen LogP contribution is -2.35. The third-order valence-corrected chi connectivity index (χ3v) is 3.22. The second kappa shape index (κ2) is 12.1. The van der Waals surface area contributed by atoms with Gasteiger partial charge in [0, 0.05) is 26.1 Å². The molecule has 1 N–H and O–H groups in total. The Labute approximate surface area is 124 Å². The molecule has 0 saturated carbocycles. The van der Waals surface area contributed by atoms with E-state index in [4.69, 9.17) is 5.11 Å². The number of hydrogen-bond acceptors (Lipinski definition) is 4. The van der Waals surface area contributed by atoms with Crippen LogP contribution in [-0.4, -0.2) is 86.7 Å². The molecule has 0 saturated heterocycles.